The zero-order valence-electron chi connectivity index (χ0n) is 32.0. The molecule has 1 nitrogen and oxygen atoms in total. The molecule has 0 saturated carbocycles. The predicted octanol–water partition coefficient (Wildman–Crippen LogP) is 14.5. The van der Waals surface area contributed by atoms with Gasteiger partial charge in [0, 0.05) is 16.5 Å². The quantitative estimate of drug-likeness (QED) is 0.163. The van der Waals surface area contributed by atoms with Crippen LogP contribution in [-0.4, -0.2) is 0 Å². The summed E-state index contributed by atoms with van der Waals surface area (Å²) in [4.78, 5) is 0. The standard InChI is InChI=1S/C58H34O/c1-2-17-36-35(16-1)32-33-51-54(36)42-22-7-11-27-47(42)58(51)48-28-12-8-23-43(48)55-40(24-15-30-50(55)58)44-34-52-56(41-21-4-3-18-37(41)44)59-53-31-14-13-29-49(53)57(52)45-25-9-5-19-38(45)39-20-6-10-26-46(39)57/h1-34H. The summed E-state index contributed by atoms with van der Waals surface area (Å²) >= 11 is 0. The first kappa shape index (κ1) is 31.6. The van der Waals surface area contributed by atoms with E-state index in [1.807, 2.05) is 0 Å². The Morgan fingerprint density at radius 2 is 0.746 bits per heavy atom. The summed E-state index contributed by atoms with van der Waals surface area (Å²) in [5, 5.41) is 4.88. The van der Waals surface area contributed by atoms with E-state index in [-0.39, 0.29) is 0 Å². The van der Waals surface area contributed by atoms with Crippen molar-refractivity contribution in [3.63, 3.8) is 0 Å². The van der Waals surface area contributed by atoms with Gasteiger partial charge in [-0.1, -0.05) is 194 Å². The molecule has 14 rings (SSSR count). The normalized spacial score (nSPS) is 16.5. The Balaban J connectivity index is 1.12. The van der Waals surface area contributed by atoms with Crippen molar-refractivity contribution in [3.05, 3.63) is 251 Å². The van der Waals surface area contributed by atoms with Gasteiger partial charge in [0.05, 0.1) is 10.8 Å². The lowest BCUT2D eigenvalue weighted by Crippen LogP contribution is -2.32. The fourth-order valence-corrected chi connectivity index (χ4v) is 12.1. The van der Waals surface area contributed by atoms with Crippen LogP contribution in [0.1, 0.15) is 44.5 Å². The van der Waals surface area contributed by atoms with Crippen molar-refractivity contribution >= 4 is 21.5 Å². The van der Waals surface area contributed by atoms with Crippen LogP contribution in [0.25, 0.3) is 66.1 Å². The van der Waals surface area contributed by atoms with Crippen molar-refractivity contribution < 1.29 is 4.74 Å². The van der Waals surface area contributed by atoms with E-state index in [1.165, 1.54) is 105 Å². The fourth-order valence-electron chi connectivity index (χ4n) is 12.1. The largest absolute Gasteiger partial charge is 0.456 e. The summed E-state index contributed by atoms with van der Waals surface area (Å²) < 4.78 is 7.14. The van der Waals surface area contributed by atoms with Gasteiger partial charge >= 0.3 is 0 Å². The first-order chi connectivity index (χ1) is 29.3. The number of benzene rings is 10. The van der Waals surface area contributed by atoms with E-state index in [0.717, 1.165) is 16.9 Å². The van der Waals surface area contributed by atoms with Crippen molar-refractivity contribution in [1.82, 2.24) is 0 Å². The van der Waals surface area contributed by atoms with Gasteiger partial charge in [-0.2, -0.15) is 0 Å². The molecule has 272 valence electrons. The van der Waals surface area contributed by atoms with Crippen LogP contribution in [0.3, 0.4) is 0 Å². The summed E-state index contributed by atoms with van der Waals surface area (Å²) in [6.45, 7) is 0. The van der Waals surface area contributed by atoms with E-state index in [2.05, 4.69) is 206 Å². The fraction of sp³-hybridized carbons (Fsp3) is 0.0345. The Morgan fingerprint density at radius 3 is 1.46 bits per heavy atom. The molecule has 1 aliphatic heterocycles. The molecular formula is C58H34O. The number of para-hydroxylation sites is 1. The van der Waals surface area contributed by atoms with Crippen molar-refractivity contribution in [2.24, 2.45) is 0 Å². The van der Waals surface area contributed by atoms with Gasteiger partial charge < -0.3 is 4.74 Å². The van der Waals surface area contributed by atoms with Gasteiger partial charge in [0.15, 0.2) is 0 Å². The second-order valence-electron chi connectivity index (χ2n) is 16.6. The maximum atomic E-state index is 7.14. The highest BCUT2D eigenvalue weighted by Gasteiger charge is 2.54. The summed E-state index contributed by atoms with van der Waals surface area (Å²) in [5.41, 5.74) is 19.6. The average molecular weight is 747 g/mol. The van der Waals surface area contributed by atoms with Crippen LogP contribution in [0.2, 0.25) is 0 Å². The van der Waals surface area contributed by atoms with Gasteiger partial charge in [0.25, 0.3) is 0 Å². The topological polar surface area (TPSA) is 9.23 Å². The second kappa shape index (κ2) is 11.1. The van der Waals surface area contributed by atoms with Gasteiger partial charge in [0.2, 0.25) is 0 Å². The Hall–Kier alpha value is -7.48. The van der Waals surface area contributed by atoms with Crippen LogP contribution < -0.4 is 4.74 Å². The molecular weight excluding hydrogens is 713 g/mol. The highest BCUT2D eigenvalue weighted by Crippen LogP contribution is 2.67. The Labute approximate surface area is 342 Å². The van der Waals surface area contributed by atoms with Crippen molar-refractivity contribution in [2.75, 3.05) is 0 Å². The van der Waals surface area contributed by atoms with Crippen molar-refractivity contribution in [2.45, 2.75) is 10.8 Å². The molecule has 59 heavy (non-hydrogen) atoms. The summed E-state index contributed by atoms with van der Waals surface area (Å²) in [5.74, 6) is 1.84. The molecule has 2 spiro atoms. The minimum absolute atomic E-state index is 0.464. The molecule has 0 aromatic heterocycles. The van der Waals surface area contributed by atoms with E-state index in [0.29, 0.717) is 0 Å². The minimum atomic E-state index is -0.572. The Kier molecular flexibility index (Phi) is 5.96. The molecule has 1 unspecified atom stereocenters. The third kappa shape index (κ3) is 3.65. The van der Waals surface area contributed by atoms with Crippen LogP contribution in [0.15, 0.2) is 206 Å². The maximum absolute atomic E-state index is 7.14. The molecule has 1 heterocycles. The number of fused-ring (bicyclic) bond motifs is 23. The van der Waals surface area contributed by atoms with Gasteiger partial charge in [-0.25, -0.2) is 0 Å². The number of hydrogen-bond acceptors (Lipinski definition) is 1. The van der Waals surface area contributed by atoms with E-state index in [1.54, 1.807) is 0 Å². The summed E-state index contributed by atoms with van der Waals surface area (Å²) in [6, 6.07) is 77.2. The van der Waals surface area contributed by atoms with Gasteiger partial charge in [0.1, 0.15) is 11.5 Å². The van der Waals surface area contributed by atoms with Crippen LogP contribution in [0.4, 0.5) is 0 Å². The van der Waals surface area contributed by atoms with E-state index >= 15 is 0 Å². The SMILES string of the molecule is c1ccc2c(c1)Oc1c(cc(-c3cccc4c3-c3ccccc3C43c4ccccc4-c4c3ccc3ccccc43)c3ccccc13)C21c2ccccc2-c2ccccc21. The van der Waals surface area contributed by atoms with Crippen LogP contribution in [0.5, 0.6) is 11.5 Å². The molecule has 10 aromatic carbocycles. The smallest absolute Gasteiger partial charge is 0.140 e. The molecule has 0 radical (unpaired) electrons. The molecule has 4 aliphatic rings. The molecule has 0 bridgehead atoms. The third-order valence-electron chi connectivity index (χ3n) is 14.1. The third-order valence-corrected chi connectivity index (χ3v) is 14.1. The highest BCUT2D eigenvalue weighted by atomic mass is 16.5. The highest BCUT2D eigenvalue weighted by molar-refractivity contribution is 6.10. The van der Waals surface area contributed by atoms with Gasteiger partial charge in [-0.05, 0) is 106 Å². The van der Waals surface area contributed by atoms with Crippen LogP contribution in [-0.2, 0) is 10.8 Å². The lowest BCUT2D eigenvalue weighted by molar-refractivity contribution is 0.442. The molecule has 0 fully saturated rings. The predicted molar refractivity (Wildman–Crippen MR) is 241 cm³/mol. The lowest BCUT2D eigenvalue weighted by atomic mass is 9.65. The van der Waals surface area contributed by atoms with Crippen LogP contribution in [0, 0.1) is 0 Å². The zero-order valence-corrected chi connectivity index (χ0v) is 32.0. The number of rotatable bonds is 1. The molecule has 1 heteroatoms. The van der Waals surface area contributed by atoms with Crippen LogP contribution >= 0.6 is 0 Å². The molecule has 0 amide bonds. The Bertz CT molecular complexity index is 3450. The lowest BCUT2D eigenvalue weighted by Gasteiger charge is -2.40. The minimum Gasteiger partial charge on any atom is -0.456 e. The second-order valence-corrected chi connectivity index (χ2v) is 16.6. The average Bonchev–Trinajstić information content (AvgIpc) is 3.90. The van der Waals surface area contributed by atoms with Gasteiger partial charge in [-0.3, -0.25) is 0 Å². The molecule has 0 N–H and O–H groups in total. The monoisotopic (exact) mass is 746 g/mol. The first-order valence-corrected chi connectivity index (χ1v) is 20.7. The Morgan fingerprint density at radius 1 is 0.271 bits per heavy atom. The molecule has 0 saturated heterocycles. The number of hydrogen-bond donors (Lipinski definition) is 0. The molecule has 10 aromatic rings. The summed E-state index contributed by atoms with van der Waals surface area (Å²) in [6.07, 6.45) is 0. The van der Waals surface area contributed by atoms with Crippen molar-refractivity contribution in [3.8, 4) is 56.0 Å². The maximum Gasteiger partial charge on any atom is 0.140 e. The number of ether oxygens (including phenoxy) is 1. The van der Waals surface area contributed by atoms with E-state index < -0.39 is 10.8 Å². The van der Waals surface area contributed by atoms with E-state index in [9.17, 15) is 0 Å². The first-order valence-electron chi connectivity index (χ1n) is 20.7. The molecule has 3 aliphatic carbocycles. The molecule has 1 atom stereocenters. The van der Waals surface area contributed by atoms with Crippen molar-refractivity contribution in [1.29, 1.82) is 0 Å². The summed E-state index contributed by atoms with van der Waals surface area (Å²) in [7, 11) is 0. The zero-order chi connectivity index (χ0) is 38.5. The van der Waals surface area contributed by atoms with E-state index in [4.69, 9.17) is 4.74 Å². The van der Waals surface area contributed by atoms with Gasteiger partial charge in [-0.15, -0.1) is 0 Å².